The van der Waals surface area contributed by atoms with Crippen LogP contribution in [0.2, 0.25) is 0 Å². The van der Waals surface area contributed by atoms with Gasteiger partial charge in [0.05, 0.1) is 16.9 Å². The van der Waals surface area contributed by atoms with Gasteiger partial charge in [0.1, 0.15) is 0 Å². The molecule has 2 aromatic carbocycles. The minimum absolute atomic E-state index is 0.500. The van der Waals surface area contributed by atoms with Gasteiger partial charge in [-0.2, -0.15) is 13.2 Å². The molecule has 30 heavy (non-hydrogen) atoms. The van der Waals surface area contributed by atoms with Crippen LogP contribution in [0.3, 0.4) is 0 Å². The Kier molecular flexibility index (Phi) is 6.97. The SMILES string of the molecule is FC(F)(F)c1ccc2c(c1)N(CCCN1CCNC(CCBr)C1)c1ccccc1S2. The Hall–Kier alpha value is -1.22. The molecule has 1 atom stereocenters. The highest BCUT2D eigenvalue weighted by Crippen LogP contribution is 2.49. The third kappa shape index (κ3) is 4.98. The second-order valence-electron chi connectivity index (χ2n) is 7.68. The van der Waals surface area contributed by atoms with Crippen LogP contribution in [-0.4, -0.2) is 49.0 Å². The van der Waals surface area contributed by atoms with Crippen molar-refractivity contribution in [3.63, 3.8) is 0 Å². The number of hydrogen-bond acceptors (Lipinski definition) is 4. The van der Waals surface area contributed by atoms with E-state index in [2.05, 4.69) is 31.0 Å². The van der Waals surface area contributed by atoms with Crippen LogP contribution >= 0.6 is 27.7 Å². The Bertz CT molecular complexity index is 875. The fourth-order valence-corrected chi connectivity index (χ4v) is 5.75. The number of nitrogens with one attached hydrogen (secondary N) is 1. The average Bonchev–Trinajstić information content (AvgIpc) is 2.73. The predicted molar refractivity (Wildman–Crippen MR) is 120 cm³/mol. The Morgan fingerprint density at radius 1 is 1.07 bits per heavy atom. The number of alkyl halides is 4. The Morgan fingerprint density at radius 2 is 1.87 bits per heavy atom. The lowest BCUT2D eigenvalue weighted by Gasteiger charge is -2.36. The van der Waals surface area contributed by atoms with Crippen LogP contribution in [0.4, 0.5) is 24.5 Å². The third-order valence-electron chi connectivity index (χ3n) is 5.61. The number of halogens is 4. The van der Waals surface area contributed by atoms with Crippen LogP contribution in [0.25, 0.3) is 0 Å². The highest BCUT2D eigenvalue weighted by molar-refractivity contribution is 9.09. The molecule has 1 saturated heterocycles. The molecule has 0 amide bonds. The van der Waals surface area contributed by atoms with Gasteiger partial charge in [0, 0.05) is 47.3 Å². The van der Waals surface area contributed by atoms with E-state index in [0.717, 1.165) is 59.8 Å². The zero-order valence-electron chi connectivity index (χ0n) is 16.6. The first-order valence-corrected chi connectivity index (χ1v) is 12.2. The number of benzene rings is 2. The lowest BCUT2D eigenvalue weighted by atomic mass is 10.1. The molecule has 0 radical (unpaired) electrons. The number of anilines is 2. The van der Waals surface area contributed by atoms with Crippen molar-refractivity contribution in [2.24, 2.45) is 0 Å². The Labute approximate surface area is 188 Å². The molecule has 2 aliphatic heterocycles. The molecule has 1 fully saturated rings. The zero-order chi connectivity index (χ0) is 21.1. The third-order valence-corrected chi connectivity index (χ3v) is 7.19. The molecule has 0 saturated carbocycles. The first-order chi connectivity index (χ1) is 14.5. The van der Waals surface area contributed by atoms with Crippen LogP contribution in [-0.2, 0) is 6.18 Å². The van der Waals surface area contributed by atoms with Crippen LogP contribution in [0.15, 0.2) is 52.3 Å². The van der Waals surface area contributed by atoms with Gasteiger partial charge in [0.2, 0.25) is 0 Å². The van der Waals surface area contributed by atoms with Crippen molar-refractivity contribution in [2.45, 2.75) is 34.9 Å². The number of rotatable bonds is 6. The molecule has 2 heterocycles. The normalized spacial score (nSPS) is 19.5. The van der Waals surface area contributed by atoms with Gasteiger partial charge in [-0.05, 0) is 49.7 Å². The van der Waals surface area contributed by atoms with Gasteiger partial charge in [-0.15, -0.1) is 0 Å². The van der Waals surface area contributed by atoms with E-state index in [1.54, 1.807) is 17.8 Å². The summed E-state index contributed by atoms with van der Waals surface area (Å²) in [4.78, 5) is 6.49. The predicted octanol–water partition coefficient (Wildman–Crippen LogP) is 5.76. The summed E-state index contributed by atoms with van der Waals surface area (Å²) in [6.07, 6.45) is -2.34. The van der Waals surface area contributed by atoms with Crippen molar-refractivity contribution in [3.8, 4) is 0 Å². The van der Waals surface area contributed by atoms with Crippen LogP contribution in [0, 0.1) is 0 Å². The van der Waals surface area contributed by atoms with E-state index in [-0.39, 0.29) is 0 Å². The smallest absolute Gasteiger partial charge is 0.340 e. The maximum absolute atomic E-state index is 13.3. The summed E-state index contributed by atoms with van der Waals surface area (Å²) in [5, 5.41) is 4.53. The van der Waals surface area contributed by atoms with Gasteiger partial charge in [-0.3, -0.25) is 0 Å². The van der Waals surface area contributed by atoms with Gasteiger partial charge in [0.15, 0.2) is 0 Å². The van der Waals surface area contributed by atoms with Crippen molar-refractivity contribution in [1.82, 2.24) is 10.2 Å². The van der Waals surface area contributed by atoms with E-state index in [9.17, 15) is 13.2 Å². The highest BCUT2D eigenvalue weighted by Gasteiger charge is 2.33. The first-order valence-electron chi connectivity index (χ1n) is 10.2. The number of fused-ring (bicyclic) bond motifs is 2. The van der Waals surface area contributed by atoms with Gasteiger partial charge >= 0.3 is 6.18 Å². The molecule has 0 bridgehead atoms. The van der Waals surface area contributed by atoms with Crippen LogP contribution in [0.5, 0.6) is 0 Å². The summed E-state index contributed by atoms with van der Waals surface area (Å²) >= 11 is 5.05. The number of piperazine rings is 1. The first kappa shape index (κ1) is 22.0. The minimum atomic E-state index is -4.34. The molecule has 0 spiro atoms. The summed E-state index contributed by atoms with van der Waals surface area (Å²) < 4.78 is 40.0. The summed E-state index contributed by atoms with van der Waals surface area (Å²) in [7, 11) is 0. The molecule has 4 rings (SSSR count). The molecule has 3 nitrogen and oxygen atoms in total. The number of para-hydroxylation sites is 1. The van der Waals surface area contributed by atoms with E-state index >= 15 is 0 Å². The van der Waals surface area contributed by atoms with E-state index in [1.807, 2.05) is 24.3 Å². The Balaban J connectivity index is 1.51. The summed E-state index contributed by atoms with van der Waals surface area (Å²) in [5.41, 5.74) is 1.06. The van der Waals surface area contributed by atoms with Crippen LogP contribution in [0.1, 0.15) is 18.4 Å². The Morgan fingerprint density at radius 3 is 2.67 bits per heavy atom. The molecule has 1 unspecified atom stereocenters. The maximum Gasteiger partial charge on any atom is 0.416 e. The van der Waals surface area contributed by atoms with Crippen molar-refractivity contribution in [3.05, 3.63) is 48.0 Å². The lowest BCUT2D eigenvalue weighted by molar-refractivity contribution is -0.137. The molecule has 8 heteroatoms. The van der Waals surface area contributed by atoms with Crippen LogP contribution < -0.4 is 10.2 Å². The van der Waals surface area contributed by atoms with Crippen molar-refractivity contribution in [2.75, 3.05) is 43.0 Å². The van der Waals surface area contributed by atoms with E-state index in [0.29, 0.717) is 18.3 Å². The van der Waals surface area contributed by atoms with Crippen molar-refractivity contribution >= 4 is 39.1 Å². The molecule has 0 aliphatic carbocycles. The molecule has 2 aromatic rings. The highest BCUT2D eigenvalue weighted by atomic mass is 79.9. The lowest BCUT2D eigenvalue weighted by Crippen LogP contribution is -2.51. The summed E-state index contributed by atoms with van der Waals surface area (Å²) in [6, 6.07) is 12.6. The van der Waals surface area contributed by atoms with E-state index in [4.69, 9.17) is 0 Å². The van der Waals surface area contributed by atoms with Crippen molar-refractivity contribution < 1.29 is 13.2 Å². The second kappa shape index (κ2) is 9.51. The average molecular weight is 500 g/mol. The molecule has 0 aromatic heterocycles. The van der Waals surface area contributed by atoms with E-state index < -0.39 is 11.7 Å². The quantitative estimate of drug-likeness (QED) is 0.509. The van der Waals surface area contributed by atoms with E-state index in [1.165, 1.54) is 12.1 Å². The zero-order valence-corrected chi connectivity index (χ0v) is 19.0. The maximum atomic E-state index is 13.3. The number of nitrogens with zero attached hydrogens (tertiary/aromatic N) is 2. The van der Waals surface area contributed by atoms with Gasteiger partial charge in [-0.1, -0.05) is 39.8 Å². The molecule has 1 N–H and O–H groups in total. The second-order valence-corrected chi connectivity index (χ2v) is 9.56. The van der Waals surface area contributed by atoms with Gasteiger partial charge in [-0.25, -0.2) is 0 Å². The van der Waals surface area contributed by atoms with Crippen molar-refractivity contribution in [1.29, 1.82) is 0 Å². The molecule has 162 valence electrons. The summed E-state index contributed by atoms with van der Waals surface area (Å²) in [5.74, 6) is 0. The molecular weight excluding hydrogens is 475 g/mol. The fourth-order valence-electron chi connectivity index (χ4n) is 4.12. The summed E-state index contributed by atoms with van der Waals surface area (Å²) in [6.45, 7) is 4.66. The standard InChI is InChI=1S/C22H25BrF3N3S/c23-9-8-17-15-28(13-10-27-17)11-3-12-29-18-4-1-2-5-20(18)30-21-7-6-16(14-19(21)29)22(24,25)26/h1-2,4-7,14,17,27H,3,8-13,15H2. The minimum Gasteiger partial charge on any atom is -0.340 e. The topological polar surface area (TPSA) is 18.5 Å². The number of hydrogen-bond donors (Lipinski definition) is 1. The van der Waals surface area contributed by atoms with Gasteiger partial charge in [0.25, 0.3) is 0 Å². The fraction of sp³-hybridized carbons (Fsp3) is 0.455. The monoisotopic (exact) mass is 499 g/mol. The van der Waals surface area contributed by atoms with Gasteiger partial charge < -0.3 is 15.1 Å². The largest absolute Gasteiger partial charge is 0.416 e. The molecular formula is C22H25BrF3N3S. The molecule has 2 aliphatic rings.